The molecular weight excluding hydrogens is 394 g/mol. The molecule has 2 aromatic carbocycles. The molecule has 1 aromatic heterocycles. The first kappa shape index (κ1) is 20.2. The topological polar surface area (TPSA) is 74.8 Å². The number of hydrogen-bond acceptors (Lipinski definition) is 4. The van der Waals surface area contributed by atoms with E-state index in [4.69, 9.17) is 0 Å². The van der Waals surface area contributed by atoms with Gasteiger partial charge >= 0.3 is 0 Å². The standard InChI is InChI=1S/C24H23N3O2S/c1-3-6-16-9-11-17(12-10-16)19-13-20(28)25-22-21(19)23(29)27-24(26-22)30-14-18-8-5-4-7-15(18)2/h3-5,7-12,19H,1,6,13-14H2,2H3,(H2,25,26,27,28,29). The lowest BCUT2D eigenvalue weighted by Crippen LogP contribution is -2.31. The second kappa shape index (κ2) is 8.71. The van der Waals surface area contributed by atoms with Gasteiger partial charge in [-0.25, -0.2) is 4.98 Å². The van der Waals surface area contributed by atoms with Crippen LogP contribution in [0, 0.1) is 6.92 Å². The van der Waals surface area contributed by atoms with E-state index in [0.717, 1.165) is 17.5 Å². The van der Waals surface area contributed by atoms with E-state index in [-0.39, 0.29) is 23.8 Å². The number of aromatic nitrogens is 2. The predicted molar refractivity (Wildman–Crippen MR) is 121 cm³/mol. The summed E-state index contributed by atoms with van der Waals surface area (Å²) < 4.78 is 0. The number of hydrogen-bond donors (Lipinski definition) is 2. The van der Waals surface area contributed by atoms with Gasteiger partial charge in [-0.05, 0) is 35.6 Å². The Morgan fingerprint density at radius 1 is 1.17 bits per heavy atom. The second-order valence-corrected chi connectivity index (χ2v) is 8.35. The van der Waals surface area contributed by atoms with Crippen molar-refractivity contribution in [1.82, 2.24) is 9.97 Å². The lowest BCUT2D eigenvalue weighted by molar-refractivity contribution is -0.116. The van der Waals surface area contributed by atoms with Crippen molar-refractivity contribution < 1.29 is 4.79 Å². The van der Waals surface area contributed by atoms with Gasteiger partial charge in [-0.2, -0.15) is 0 Å². The second-order valence-electron chi connectivity index (χ2n) is 7.39. The van der Waals surface area contributed by atoms with E-state index in [2.05, 4.69) is 40.9 Å². The van der Waals surface area contributed by atoms with E-state index in [1.807, 2.05) is 42.5 Å². The fraction of sp³-hybridized carbons (Fsp3) is 0.208. The largest absolute Gasteiger partial charge is 0.310 e. The van der Waals surface area contributed by atoms with Gasteiger partial charge in [0.15, 0.2) is 5.16 Å². The number of amides is 1. The van der Waals surface area contributed by atoms with E-state index in [0.29, 0.717) is 22.3 Å². The molecule has 0 spiro atoms. The number of allylic oxidation sites excluding steroid dienone is 1. The lowest BCUT2D eigenvalue weighted by Gasteiger charge is -2.24. The Kier molecular flexibility index (Phi) is 5.86. The Hall–Kier alpha value is -3.12. The van der Waals surface area contributed by atoms with Gasteiger partial charge in [0, 0.05) is 18.1 Å². The van der Waals surface area contributed by atoms with Crippen molar-refractivity contribution >= 4 is 23.5 Å². The monoisotopic (exact) mass is 417 g/mol. The zero-order chi connectivity index (χ0) is 21.1. The van der Waals surface area contributed by atoms with Gasteiger partial charge in [0.25, 0.3) is 5.56 Å². The summed E-state index contributed by atoms with van der Waals surface area (Å²) in [6.07, 6.45) is 2.86. The fourth-order valence-electron chi connectivity index (χ4n) is 3.67. The number of fused-ring (bicyclic) bond motifs is 1. The summed E-state index contributed by atoms with van der Waals surface area (Å²) in [5.74, 6) is 0.618. The lowest BCUT2D eigenvalue weighted by atomic mass is 9.86. The summed E-state index contributed by atoms with van der Waals surface area (Å²) in [6.45, 7) is 5.82. The molecule has 5 nitrogen and oxygen atoms in total. The number of rotatable bonds is 6. The highest BCUT2D eigenvalue weighted by atomic mass is 32.2. The number of benzene rings is 2. The van der Waals surface area contributed by atoms with Crippen molar-refractivity contribution in [2.24, 2.45) is 0 Å². The number of thioether (sulfide) groups is 1. The molecule has 0 saturated heterocycles. The molecule has 1 atom stereocenters. The van der Waals surface area contributed by atoms with Gasteiger partial charge in [-0.15, -0.1) is 6.58 Å². The van der Waals surface area contributed by atoms with Gasteiger partial charge in [0.05, 0.1) is 5.56 Å². The Morgan fingerprint density at radius 3 is 2.67 bits per heavy atom. The zero-order valence-corrected chi connectivity index (χ0v) is 17.6. The molecule has 1 unspecified atom stereocenters. The van der Waals surface area contributed by atoms with Crippen LogP contribution in [0.3, 0.4) is 0 Å². The molecule has 6 heteroatoms. The maximum absolute atomic E-state index is 12.9. The molecule has 3 aromatic rings. The fourth-order valence-corrected chi connectivity index (χ4v) is 4.61. The molecule has 4 rings (SSSR count). The van der Waals surface area contributed by atoms with Crippen molar-refractivity contribution in [2.75, 3.05) is 5.32 Å². The molecule has 0 aliphatic carbocycles. The highest BCUT2D eigenvalue weighted by Gasteiger charge is 2.30. The number of carbonyl (C=O) groups is 1. The van der Waals surface area contributed by atoms with Crippen molar-refractivity contribution in [3.8, 4) is 0 Å². The maximum atomic E-state index is 12.9. The summed E-state index contributed by atoms with van der Waals surface area (Å²) in [5, 5.41) is 3.29. The SMILES string of the molecule is C=CCc1ccc(C2CC(=O)Nc3nc(SCc4ccccc4C)[nH]c(=O)c32)cc1. The molecule has 2 N–H and O–H groups in total. The van der Waals surface area contributed by atoms with Gasteiger partial charge in [0.2, 0.25) is 5.91 Å². The summed E-state index contributed by atoms with van der Waals surface area (Å²) in [7, 11) is 0. The first-order valence-corrected chi connectivity index (χ1v) is 10.8. The summed E-state index contributed by atoms with van der Waals surface area (Å²) >= 11 is 1.45. The number of aryl methyl sites for hydroxylation is 1. The van der Waals surface area contributed by atoms with E-state index >= 15 is 0 Å². The van der Waals surface area contributed by atoms with Crippen LogP contribution in [0.25, 0.3) is 0 Å². The summed E-state index contributed by atoms with van der Waals surface area (Å²) in [4.78, 5) is 32.7. The molecule has 1 amide bonds. The third-order valence-corrected chi connectivity index (χ3v) is 6.24. The number of aromatic amines is 1. The quantitative estimate of drug-likeness (QED) is 0.350. The van der Waals surface area contributed by atoms with Crippen LogP contribution in [0.15, 0.2) is 71.1 Å². The first-order valence-electron chi connectivity index (χ1n) is 9.86. The van der Waals surface area contributed by atoms with Gasteiger partial charge < -0.3 is 10.3 Å². The summed E-state index contributed by atoms with van der Waals surface area (Å²) in [5.41, 5.74) is 4.78. The Bertz CT molecular complexity index is 1150. The van der Waals surface area contributed by atoms with Crippen LogP contribution in [0.1, 0.15) is 40.2 Å². The average molecular weight is 418 g/mol. The van der Waals surface area contributed by atoms with E-state index in [1.165, 1.54) is 22.9 Å². The van der Waals surface area contributed by atoms with Gasteiger partial charge in [-0.1, -0.05) is 66.4 Å². The molecule has 0 saturated carbocycles. The summed E-state index contributed by atoms with van der Waals surface area (Å²) in [6, 6.07) is 16.1. The van der Waals surface area contributed by atoms with Crippen LogP contribution in [0.2, 0.25) is 0 Å². The molecule has 1 aliphatic heterocycles. The molecular formula is C24H23N3O2S. The molecule has 2 heterocycles. The number of anilines is 1. The third kappa shape index (κ3) is 4.24. The van der Waals surface area contributed by atoms with Crippen LogP contribution in [0.5, 0.6) is 0 Å². The first-order chi connectivity index (χ1) is 14.5. The Labute approximate surface area is 179 Å². The average Bonchev–Trinajstić information content (AvgIpc) is 2.73. The third-order valence-electron chi connectivity index (χ3n) is 5.32. The van der Waals surface area contributed by atoms with Crippen LogP contribution >= 0.6 is 11.8 Å². The Balaban J connectivity index is 1.63. The van der Waals surface area contributed by atoms with Crippen molar-refractivity contribution in [3.05, 3.63) is 99.4 Å². The zero-order valence-electron chi connectivity index (χ0n) is 16.8. The smallest absolute Gasteiger partial charge is 0.257 e. The predicted octanol–water partition coefficient (Wildman–Crippen LogP) is 4.57. The minimum absolute atomic E-state index is 0.129. The van der Waals surface area contributed by atoms with Crippen LogP contribution < -0.4 is 10.9 Å². The van der Waals surface area contributed by atoms with E-state index in [9.17, 15) is 9.59 Å². The molecule has 30 heavy (non-hydrogen) atoms. The maximum Gasteiger partial charge on any atom is 0.257 e. The normalized spacial score (nSPS) is 15.4. The van der Waals surface area contributed by atoms with Crippen LogP contribution in [-0.2, 0) is 17.0 Å². The number of nitrogens with one attached hydrogen (secondary N) is 2. The van der Waals surface area contributed by atoms with Crippen molar-refractivity contribution in [3.63, 3.8) is 0 Å². The Morgan fingerprint density at radius 2 is 1.93 bits per heavy atom. The minimum Gasteiger partial charge on any atom is -0.310 e. The molecule has 0 radical (unpaired) electrons. The van der Waals surface area contributed by atoms with Crippen LogP contribution in [0.4, 0.5) is 5.82 Å². The minimum atomic E-state index is -0.307. The molecule has 152 valence electrons. The molecule has 0 bridgehead atoms. The van der Waals surface area contributed by atoms with E-state index < -0.39 is 0 Å². The number of H-pyrrole nitrogens is 1. The van der Waals surface area contributed by atoms with Gasteiger partial charge in [0.1, 0.15) is 5.82 Å². The molecule has 0 fully saturated rings. The van der Waals surface area contributed by atoms with Crippen molar-refractivity contribution in [1.29, 1.82) is 0 Å². The highest BCUT2D eigenvalue weighted by Crippen LogP contribution is 2.35. The van der Waals surface area contributed by atoms with Crippen molar-refractivity contribution in [2.45, 2.75) is 36.6 Å². The highest BCUT2D eigenvalue weighted by molar-refractivity contribution is 7.98. The number of carbonyl (C=O) groups excluding carboxylic acids is 1. The van der Waals surface area contributed by atoms with Gasteiger partial charge in [-0.3, -0.25) is 9.59 Å². The number of nitrogens with zero attached hydrogens (tertiary/aromatic N) is 1. The van der Waals surface area contributed by atoms with Crippen LogP contribution in [-0.4, -0.2) is 15.9 Å². The molecule has 1 aliphatic rings. The van der Waals surface area contributed by atoms with E-state index in [1.54, 1.807) is 0 Å².